The van der Waals surface area contributed by atoms with Crippen molar-refractivity contribution in [2.45, 2.75) is 37.2 Å². The summed E-state index contributed by atoms with van der Waals surface area (Å²) in [5.41, 5.74) is 2.78. The Hall–Kier alpha value is -3.49. The van der Waals surface area contributed by atoms with E-state index in [0.29, 0.717) is 11.3 Å². The lowest BCUT2D eigenvalue weighted by Crippen LogP contribution is -2.25. The fourth-order valence-corrected chi connectivity index (χ4v) is 4.31. The minimum atomic E-state index is -3.80. The number of benzene rings is 3. The molecule has 1 aliphatic rings. The summed E-state index contributed by atoms with van der Waals surface area (Å²) >= 11 is 0. The van der Waals surface area contributed by atoms with E-state index in [1.165, 1.54) is 18.2 Å². The smallest absolute Gasteiger partial charge is 0.255 e. The molecule has 170 valence electrons. The van der Waals surface area contributed by atoms with Crippen LogP contribution in [0.2, 0.25) is 0 Å². The van der Waals surface area contributed by atoms with Gasteiger partial charge in [-0.25, -0.2) is 13.1 Å². The topological polar surface area (TPSA) is 104 Å². The van der Waals surface area contributed by atoms with Gasteiger partial charge in [-0.1, -0.05) is 42.5 Å². The molecule has 1 saturated carbocycles. The summed E-state index contributed by atoms with van der Waals surface area (Å²) < 4.78 is 28.0. The van der Waals surface area contributed by atoms with E-state index >= 15 is 0 Å². The number of anilines is 1. The molecule has 0 atom stereocenters. The lowest BCUT2D eigenvalue weighted by molar-refractivity contribution is 0.0949. The van der Waals surface area contributed by atoms with Crippen LogP contribution in [-0.2, 0) is 16.6 Å². The van der Waals surface area contributed by atoms with Crippen molar-refractivity contribution >= 4 is 27.5 Å². The third-order valence-corrected chi connectivity index (χ3v) is 6.78. The van der Waals surface area contributed by atoms with Crippen molar-refractivity contribution in [3.05, 3.63) is 95.1 Å². The van der Waals surface area contributed by atoms with E-state index in [-0.39, 0.29) is 29.0 Å². The SMILES string of the molecule is Cc1ccc(C(=O)NC2CC2)cc1NC(=O)c1cccc(S(=O)(=O)NCc2ccccc2)c1. The molecule has 4 rings (SSSR count). The molecule has 0 saturated heterocycles. The zero-order valence-corrected chi connectivity index (χ0v) is 19.0. The number of rotatable bonds is 8. The maximum Gasteiger partial charge on any atom is 0.255 e. The lowest BCUT2D eigenvalue weighted by Gasteiger charge is -2.12. The largest absolute Gasteiger partial charge is 0.349 e. The number of hydrogen-bond donors (Lipinski definition) is 3. The predicted molar refractivity (Wildman–Crippen MR) is 127 cm³/mol. The molecule has 2 amide bonds. The molecule has 33 heavy (non-hydrogen) atoms. The Balaban J connectivity index is 1.48. The van der Waals surface area contributed by atoms with Crippen molar-refractivity contribution < 1.29 is 18.0 Å². The van der Waals surface area contributed by atoms with E-state index in [9.17, 15) is 18.0 Å². The van der Waals surface area contributed by atoms with E-state index in [1.54, 1.807) is 24.3 Å². The monoisotopic (exact) mass is 463 g/mol. The Kier molecular flexibility index (Phi) is 6.57. The van der Waals surface area contributed by atoms with Crippen LogP contribution in [-0.4, -0.2) is 26.3 Å². The molecule has 0 bridgehead atoms. The molecule has 1 fully saturated rings. The number of hydrogen-bond acceptors (Lipinski definition) is 4. The molecule has 3 N–H and O–H groups in total. The van der Waals surface area contributed by atoms with Gasteiger partial charge in [0, 0.05) is 29.4 Å². The number of nitrogens with one attached hydrogen (secondary N) is 3. The zero-order valence-electron chi connectivity index (χ0n) is 18.2. The summed E-state index contributed by atoms with van der Waals surface area (Å²) in [5.74, 6) is -0.636. The first kappa shape index (κ1) is 22.7. The van der Waals surface area contributed by atoms with Gasteiger partial charge >= 0.3 is 0 Å². The summed E-state index contributed by atoms with van der Waals surface area (Å²) in [5, 5.41) is 5.72. The van der Waals surface area contributed by atoms with Crippen LogP contribution in [0.1, 0.15) is 44.7 Å². The minimum Gasteiger partial charge on any atom is -0.349 e. The van der Waals surface area contributed by atoms with Crippen molar-refractivity contribution in [1.82, 2.24) is 10.0 Å². The quantitative estimate of drug-likeness (QED) is 0.475. The highest BCUT2D eigenvalue weighted by Crippen LogP contribution is 2.22. The Bertz CT molecular complexity index is 1290. The van der Waals surface area contributed by atoms with E-state index in [2.05, 4.69) is 15.4 Å². The van der Waals surface area contributed by atoms with Crippen molar-refractivity contribution in [3.8, 4) is 0 Å². The van der Waals surface area contributed by atoms with Gasteiger partial charge in [-0.05, 0) is 61.2 Å². The third-order valence-electron chi connectivity index (χ3n) is 5.38. The highest BCUT2D eigenvalue weighted by Gasteiger charge is 2.24. The molecular formula is C25H25N3O4S. The Morgan fingerprint density at radius 2 is 1.61 bits per heavy atom. The molecule has 3 aromatic rings. The number of carbonyl (C=O) groups excluding carboxylic acids is 2. The van der Waals surface area contributed by atoms with Gasteiger partial charge in [-0.15, -0.1) is 0 Å². The van der Waals surface area contributed by atoms with Gasteiger partial charge in [-0.3, -0.25) is 9.59 Å². The van der Waals surface area contributed by atoms with Crippen LogP contribution in [0.25, 0.3) is 0 Å². The molecular weight excluding hydrogens is 438 g/mol. The van der Waals surface area contributed by atoms with Crippen molar-refractivity contribution in [2.75, 3.05) is 5.32 Å². The molecule has 0 aromatic heterocycles. The Morgan fingerprint density at radius 1 is 0.879 bits per heavy atom. The van der Waals surface area contributed by atoms with Crippen molar-refractivity contribution in [1.29, 1.82) is 0 Å². The summed E-state index contributed by atoms with van der Waals surface area (Å²) in [6, 6.07) is 20.4. The lowest BCUT2D eigenvalue weighted by atomic mass is 10.1. The predicted octanol–water partition coefficient (Wildman–Crippen LogP) is 3.62. The molecule has 0 heterocycles. The molecule has 3 aromatic carbocycles. The van der Waals surface area contributed by atoms with Crippen LogP contribution in [0.3, 0.4) is 0 Å². The zero-order chi connectivity index (χ0) is 23.4. The fraction of sp³-hybridized carbons (Fsp3) is 0.200. The molecule has 7 nitrogen and oxygen atoms in total. The number of sulfonamides is 1. The Morgan fingerprint density at radius 3 is 2.33 bits per heavy atom. The van der Waals surface area contributed by atoms with Gasteiger partial charge < -0.3 is 10.6 Å². The summed E-state index contributed by atoms with van der Waals surface area (Å²) in [6.07, 6.45) is 1.97. The van der Waals surface area contributed by atoms with Crippen LogP contribution >= 0.6 is 0 Å². The van der Waals surface area contributed by atoms with Crippen molar-refractivity contribution in [2.24, 2.45) is 0 Å². The average Bonchev–Trinajstić information content (AvgIpc) is 3.64. The normalized spacial score (nSPS) is 13.4. The standard InChI is InChI=1S/C25H25N3O4S/c1-17-10-11-20(24(29)27-21-12-13-21)15-23(17)28-25(30)19-8-5-9-22(14-19)33(31,32)26-16-18-6-3-2-4-7-18/h2-11,14-15,21,26H,12-13,16H2,1H3,(H,27,29)(H,28,30). The number of carbonyl (C=O) groups is 2. The maximum atomic E-state index is 12.9. The van der Waals surface area contributed by atoms with E-state index in [1.807, 2.05) is 37.3 Å². The van der Waals surface area contributed by atoms with Gasteiger partial charge in [-0.2, -0.15) is 0 Å². The number of amides is 2. The van der Waals surface area contributed by atoms with Gasteiger partial charge in [0.2, 0.25) is 10.0 Å². The highest BCUT2D eigenvalue weighted by molar-refractivity contribution is 7.89. The first-order valence-corrected chi connectivity index (χ1v) is 12.2. The number of aryl methyl sites for hydroxylation is 1. The average molecular weight is 464 g/mol. The van der Waals surface area contributed by atoms with Gasteiger partial charge in [0.05, 0.1) is 4.90 Å². The fourth-order valence-electron chi connectivity index (χ4n) is 3.25. The van der Waals surface area contributed by atoms with Crippen LogP contribution < -0.4 is 15.4 Å². The van der Waals surface area contributed by atoms with Gasteiger partial charge in [0.15, 0.2) is 0 Å². The molecule has 0 unspecified atom stereocenters. The molecule has 8 heteroatoms. The van der Waals surface area contributed by atoms with E-state index < -0.39 is 15.9 Å². The molecule has 0 aliphatic heterocycles. The third kappa shape index (κ3) is 5.85. The van der Waals surface area contributed by atoms with E-state index in [0.717, 1.165) is 24.0 Å². The first-order valence-electron chi connectivity index (χ1n) is 10.7. The second kappa shape index (κ2) is 9.56. The second-order valence-electron chi connectivity index (χ2n) is 8.07. The van der Waals surface area contributed by atoms with E-state index in [4.69, 9.17) is 0 Å². The second-order valence-corrected chi connectivity index (χ2v) is 9.84. The summed E-state index contributed by atoms with van der Waals surface area (Å²) in [6.45, 7) is 1.97. The van der Waals surface area contributed by atoms with Crippen LogP contribution in [0.4, 0.5) is 5.69 Å². The summed E-state index contributed by atoms with van der Waals surface area (Å²) in [7, 11) is -3.80. The van der Waals surface area contributed by atoms with Gasteiger partial charge in [0.1, 0.15) is 0 Å². The van der Waals surface area contributed by atoms with Gasteiger partial charge in [0.25, 0.3) is 11.8 Å². The molecule has 1 aliphatic carbocycles. The van der Waals surface area contributed by atoms with Crippen LogP contribution in [0, 0.1) is 6.92 Å². The minimum absolute atomic E-state index is 0.000338. The highest BCUT2D eigenvalue weighted by atomic mass is 32.2. The first-order chi connectivity index (χ1) is 15.8. The van der Waals surface area contributed by atoms with Crippen LogP contribution in [0.15, 0.2) is 77.7 Å². The molecule has 0 radical (unpaired) electrons. The maximum absolute atomic E-state index is 12.9. The van der Waals surface area contributed by atoms with Crippen LogP contribution in [0.5, 0.6) is 0 Å². The Labute approximate surface area is 193 Å². The molecule has 0 spiro atoms. The van der Waals surface area contributed by atoms with Crippen molar-refractivity contribution in [3.63, 3.8) is 0 Å². The summed E-state index contributed by atoms with van der Waals surface area (Å²) in [4.78, 5) is 25.2.